The van der Waals surface area contributed by atoms with E-state index < -0.39 is 0 Å². The van der Waals surface area contributed by atoms with Crippen LogP contribution < -0.4 is 5.32 Å². The number of hydrogen-bond donors (Lipinski definition) is 2. The van der Waals surface area contributed by atoms with Crippen LogP contribution in [0.25, 0.3) is 11.2 Å². The van der Waals surface area contributed by atoms with Gasteiger partial charge in [0.2, 0.25) is 5.91 Å². The summed E-state index contributed by atoms with van der Waals surface area (Å²) >= 11 is 7.50. The summed E-state index contributed by atoms with van der Waals surface area (Å²) in [7, 11) is 0. The van der Waals surface area contributed by atoms with Gasteiger partial charge in [-0.15, -0.1) is 0 Å². The molecule has 1 amide bonds. The molecule has 0 unspecified atom stereocenters. The minimum absolute atomic E-state index is 0.0733. The van der Waals surface area contributed by atoms with Gasteiger partial charge in [0.1, 0.15) is 0 Å². The number of amides is 1. The first-order valence-electron chi connectivity index (χ1n) is 7.61. The number of H-pyrrole nitrogens is 1. The van der Waals surface area contributed by atoms with Gasteiger partial charge in [0.15, 0.2) is 10.8 Å². The standard InChI is InChI=1S/C17H17ClN4OS/c1-3-14(16(23)20-11-7-6-10(2)12(18)9-11)24-17-21-13-5-4-8-19-15(13)22-17/h4-9,14H,3H2,1-2H3,(H,20,23)(H,19,21,22)/t14-/m1/s1. The van der Waals surface area contributed by atoms with Crippen LogP contribution in [0.15, 0.2) is 41.7 Å². The van der Waals surface area contributed by atoms with E-state index in [9.17, 15) is 4.79 Å². The van der Waals surface area contributed by atoms with E-state index in [1.54, 1.807) is 12.3 Å². The quantitative estimate of drug-likeness (QED) is 0.660. The maximum Gasteiger partial charge on any atom is 0.237 e. The Morgan fingerprint density at radius 2 is 2.25 bits per heavy atom. The Hall–Kier alpha value is -2.05. The fourth-order valence-electron chi connectivity index (χ4n) is 2.23. The second-order valence-corrected chi connectivity index (χ2v) is 6.98. The van der Waals surface area contributed by atoms with Crippen molar-refractivity contribution in [2.75, 3.05) is 5.32 Å². The predicted octanol–water partition coefficient (Wildman–Crippen LogP) is 4.43. The lowest BCUT2D eigenvalue weighted by molar-refractivity contribution is -0.115. The van der Waals surface area contributed by atoms with Crippen LogP contribution in [0.4, 0.5) is 5.69 Å². The number of benzene rings is 1. The van der Waals surface area contributed by atoms with E-state index in [1.165, 1.54) is 11.8 Å². The van der Waals surface area contributed by atoms with E-state index in [-0.39, 0.29) is 11.2 Å². The first kappa shape index (κ1) is 16.8. The smallest absolute Gasteiger partial charge is 0.237 e. The van der Waals surface area contributed by atoms with E-state index in [2.05, 4.69) is 20.3 Å². The van der Waals surface area contributed by atoms with Gasteiger partial charge in [-0.05, 0) is 43.2 Å². The second kappa shape index (κ2) is 7.23. The van der Waals surface area contributed by atoms with E-state index in [0.29, 0.717) is 27.9 Å². The van der Waals surface area contributed by atoms with Gasteiger partial charge in [0.25, 0.3) is 0 Å². The number of nitrogens with zero attached hydrogens (tertiary/aromatic N) is 2. The minimum atomic E-state index is -0.259. The van der Waals surface area contributed by atoms with Gasteiger partial charge in [-0.1, -0.05) is 36.4 Å². The number of anilines is 1. The van der Waals surface area contributed by atoms with Crippen LogP contribution in [0.3, 0.4) is 0 Å². The molecule has 0 saturated heterocycles. The van der Waals surface area contributed by atoms with Crippen LogP contribution in [0, 0.1) is 6.92 Å². The SMILES string of the molecule is CC[C@@H](Sc1nc2ncccc2[nH]1)C(=O)Nc1ccc(C)c(Cl)c1. The summed E-state index contributed by atoms with van der Waals surface area (Å²) in [6, 6.07) is 9.25. The molecule has 2 aromatic heterocycles. The molecule has 1 aromatic carbocycles. The molecule has 0 bridgehead atoms. The van der Waals surface area contributed by atoms with Gasteiger partial charge in [-0.2, -0.15) is 0 Å². The van der Waals surface area contributed by atoms with Gasteiger partial charge >= 0.3 is 0 Å². The molecule has 0 aliphatic carbocycles. The zero-order valence-corrected chi connectivity index (χ0v) is 14.9. The zero-order chi connectivity index (χ0) is 17.1. The third-order valence-corrected chi connectivity index (χ3v) is 5.25. The fourth-order valence-corrected chi connectivity index (χ4v) is 3.32. The largest absolute Gasteiger partial charge is 0.332 e. The average molecular weight is 361 g/mol. The highest BCUT2D eigenvalue weighted by Gasteiger charge is 2.20. The summed E-state index contributed by atoms with van der Waals surface area (Å²) < 4.78 is 0. The summed E-state index contributed by atoms with van der Waals surface area (Å²) in [5, 5.41) is 3.98. The van der Waals surface area contributed by atoms with Crippen molar-refractivity contribution >= 4 is 46.1 Å². The third-order valence-electron chi connectivity index (χ3n) is 3.59. The van der Waals surface area contributed by atoms with Crippen molar-refractivity contribution in [2.45, 2.75) is 30.7 Å². The van der Waals surface area contributed by atoms with Gasteiger partial charge in [-0.3, -0.25) is 4.79 Å². The molecule has 24 heavy (non-hydrogen) atoms. The topological polar surface area (TPSA) is 70.7 Å². The van der Waals surface area contributed by atoms with Crippen LogP contribution in [0.5, 0.6) is 0 Å². The van der Waals surface area contributed by atoms with Gasteiger partial charge in [0, 0.05) is 16.9 Å². The number of aryl methyl sites for hydroxylation is 1. The average Bonchev–Trinajstić information content (AvgIpc) is 2.98. The van der Waals surface area contributed by atoms with E-state index in [0.717, 1.165) is 11.1 Å². The van der Waals surface area contributed by atoms with Gasteiger partial charge in [-0.25, -0.2) is 9.97 Å². The molecular weight excluding hydrogens is 344 g/mol. The summed E-state index contributed by atoms with van der Waals surface area (Å²) in [6.07, 6.45) is 2.38. The number of hydrogen-bond acceptors (Lipinski definition) is 4. The monoisotopic (exact) mass is 360 g/mol. The number of aromatic nitrogens is 3. The molecule has 3 aromatic rings. The lowest BCUT2D eigenvalue weighted by Crippen LogP contribution is -2.24. The Kier molecular flexibility index (Phi) is 5.06. The highest BCUT2D eigenvalue weighted by Crippen LogP contribution is 2.26. The van der Waals surface area contributed by atoms with Crippen molar-refractivity contribution in [1.82, 2.24) is 15.0 Å². The summed E-state index contributed by atoms with van der Waals surface area (Å²) in [5.41, 5.74) is 3.19. The van der Waals surface area contributed by atoms with Crippen molar-refractivity contribution in [3.05, 3.63) is 47.1 Å². The predicted molar refractivity (Wildman–Crippen MR) is 98.6 cm³/mol. The molecule has 0 aliphatic rings. The van der Waals surface area contributed by atoms with Crippen LogP contribution in [-0.2, 0) is 4.79 Å². The number of carbonyl (C=O) groups excluding carboxylic acids is 1. The van der Waals surface area contributed by atoms with Crippen molar-refractivity contribution in [3.63, 3.8) is 0 Å². The maximum atomic E-state index is 12.5. The number of thioether (sulfide) groups is 1. The molecular formula is C17H17ClN4OS. The van der Waals surface area contributed by atoms with Crippen LogP contribution in [0.1, 0.15) is 18.9 Å². The van der Waals surface area contributed by atoms with E-state index in [4.69, 9.17) is 11.6 Å². The first-order valence-corrected chi connectivity index (χ1v) is 8.87. The van der Waals surface area contributed by atoms with Gasteiger partial charge < -0.3 is 10.3 Å². The Morgan fingerprint density at radius 3 is 2.96 bits per heavy atom. The molecule has 2 heterocycles. The van der Waals surface area contributed by atoms with E-state index >= 15 is 0 Å². The molecule has 0 saturated carbocycles. The fraction of sp³-hybridized carbons (Fsp3) is 0.235. The summed E-state index contributed by atoms with van der Waals surface area (Å²) in [5.74, 6) is -0.0733. The van der Waals surface area contributed by atoms with Crippen LogP contribution >= 0.6 is 23.4 Å². The number of imidazole rings is 1. The molecule has 1 atom stereocenters. The lowest BCUT2D eigenvalue weighted by Gasteiger charge is -2.13. The molecule has 7 heteroatoms. The molecule has 5 nitrogen and oxygen atoms in total. The minimum Gasteiger partial charge on any atom is -0.332 e. The number of nitrogens with one attached hydrogen (secondary N) is 2. The number of carbonyl (C=O) groups is 1. The maximum absolute atomic E-state index is 12.5. The van der Waals surface area contributed by atoms with Crippen molar-refractivity contribution in [1.29, 1.82) is 0 Å². The lowest BCUT2D eigenvalue weighted by atomic mass is 10.2. The van der Waals surface area contributed by atoms with Crippen molar-refractivity contribution in [3.8, 4) is 0 Å². The molecule has 0 radical (unpaired) electrons. The number of halogens is 1. The number of aromatic amines is 1. The summed E-state index contributed by atoms with van der Waals surface area (Å²) in [4.78, 5) is 24.3. The van der Waals surface area contributed by atoms with Crippen LogP contribution in [-0.4, -0.2) is 26.1 Å². The van der Waals surface area contributed by atoms with E-state index in [1.807, 2.05) is 38.1 Å². The van der Waals surface area contributed by atoms with Crippen molar-refractivity contribution < 1.29 is 4.79 Å². The first-order chi connectivity index (χ1) is 11.6. The Balaban J connectivity index is 1.72. The highest BCUT2D eigenvalue weighted by molar-refractivity contribution is 8.00. The Bertz CT molecular complexity index is 847. The second-order valence-electron chi connectivity index (χ2n) is 5.38. The molecule has 124 valence electrons. The zero-order valence-electron chi connectivity index (χ0n) is 13.3. The molecule has 0 spiro atoms. The molecule has 0 aliphatic heterocycles. The third kappa shape index (κ3) is 3.71. The Morgan fingerprint density at radius 1 is 1.42 bits per heavy atom. The van der Waals surface area contributed by atoms with Crippen LogP contribution in [0.2, 0.25) is 5.02 Å². The van der Waals surface area contributed by atoms with Gasteiger partial charge in [0.05, 0.1) is 10.8 Å². The molecule has 2 N–H and O–H groups in total. The normalized spacial score (nSPS) is 12.3. The Labute approximate surface area is 149 Å². The number of pyridine rings is 1. The highest BCUT2D eigenvalue weighted by atomic mass is 35.5. The molecule has 0 fully saturated rings. The van der Waals surface area contributed by atoms with Crippen molar-refractivity contribution in [2.24, 2.45) is 0 Å². The number of rotatable bonds is 5. The summed E-state index contributed by atoms with van der Waals surface area (Å²) in [6.45, 7) is 3.90. The number of fused-ring (bicyclic) bond motifs is 1. The molecule has 3 rings (SSSR count).